The van der Waals surface area contributed by atoms with Crippen molar-refractivity contribution in [3.05, 3.63) is 65.5 Å². The van der Waals surface area contributed by atoms with Gasteiger partial charge in [-0.05, 0) is 31.2 Å². The fourth-order valence-electron chi connectivity index (χ4n) is 5.57. The molecule has 1 saturated carbocycles. The predicted octanol–water partition coefficient (Wildman–Crippen LogP) is 3.64. The summed E-state index contributed by atoms with van der Waals surface area (Å²) in [6.07, 6.45) is 8.39. The Kier molecular flexibility index (Phi) is 4.79. The molecular weight excluding hydrogens is 442 g/mol. The average molecular weight is 466 g/mol. The molecule has 1 spiro atoms. The molecule has 2 amide bonds. The van der Waals surface area contributed by atoms with E-state index in [0.29, 0.717) is 11.7 Å². The number of piperidine rings is 1. The normalized spacial score (nSPS) is 23.6. The molecule has 2 atom stereocenters. The first kappa shape index (κ1) is 20.5. The molecule has 3 aliphatic rings. The first-order valence-corrected chi connectivity index (χ1v) is 11.7. The molecule has 2 aliphatic heterocycles. The summed E-state index contributed by atoms with van der Waals surface area (Å²) < 4.78 is 7.56. The van der Waals surface area contributed by atoms with Crippen molar-refractivity contribution in [3.8, 4) is 0 Å². The van der Waals surface area contributed by atoms with Gasteiger partial charge in [0.1, 0.15) is 24.5 Å². The van der Waals surface area contributed by atoms with Gasteiger partial charge in [0.25, 0.3) is 0 Å². The summed E-state index contributed by atoms with van der Waals surface area (Å²) in [5, 5.41) is 0.417. The lowest BCUT2D eigenvalue weighted by Gasteiger charge is -2.51. The second kappa shape index (κ2) is 7.73. The van der Waals surface area contributed by atoms with Crippen molar-refractivity contribution in [2.24, 2.45) is 0 Å². The molecule has 4 heterocycles. The van der Waals surface area contributed by atoms with Gasteiger partial charge in [0.05, 0.1) is 17.8 Å². The standard InChI is InChI=1S/C24H24ClN5O3/c25-21-18-12-27-22(28(18)11-10-26-21)17-6-7-19-24(8-9-24)30(14-20(31)29(19)13-17)23(32)33-15-16-4-2-1-3-5-16/h1-5,10-12,17,19H,6-9,13-15H2. The minimum absolute atomic E-state index is 0.0238. The van der Waals surface area contributed by atoms with Crippen LogP contribution in [0.5, 0.6) is 0 Å². The maximum absolute atomic E-state index is 13.2. The van der Waals surface area contributed by atoms with Crippen LogP contribution in [0, 0.1) is 0 Å². The highest BCUT2D eigenvalue weighted by atomic mass is 35.5. The van der Waals surface area contributed by atoms with Crippen LogP contribution in [0.3, 0.4) is 0 Å². The van der Waals surface area contributed by atoms with Crippen molar-refractivity contribution in [1.29, 1.82) is 0 Å². The van der Waals surface area contributed by atoms with Crippen LogP contribution in [-0.4, -0.2) is 60.8 Å². The Labute approximate surface area is 196 Å². The zero-order chi connectivity index (χ0) is 22.6. The van der Waals surface area contributed by atoms with Gasteiger partial charge in [-0.3, -0.25) is 14.1 Å². The molecule has 1 aliphatic carbocycles. The Morgan fingerprint density at radius 2 is 2.00 bits per heavy atom. The summed E-state index contributed by atoms with van der Waals surface area (Å²) in [4.78, 5) is 38.6. The third-order valence-electron chi connectivity index (χ3n) is 7.35. The number of hydrogen-bond donors (Lipinski definition) is 0. The Hall–Kier alpha value is -3.13. The molecule has 2 saturated heterocycles. The van der Waals surface area contributed by atoms with Crippen molar-refractivity contribution in [1.82, 2.24) is 24.2 Å². The highest BCUT2D eigenvalue weighted by molar-refractivity contribution is 6.32. The number of carbonyl (C=O) groups excluding carboxylic acids is 2. The van der Waals surface area contributed by atoms with Crippen LogP contribution in [0.2, 0.25) is 5.15 Å². The van der Waals surface area contributed by atoms with Crippen LogP contribution < -0.4 is 0 Å². The number of nitrogens with zero attached hydrogens (tertiary/aromatic N) is 5. The first-order valence-electron chi connectivity index (χ1n) is 11.3. The molecule has 3 fully saturated rings. The fraction of sp³-hybridized carbons (Fsp3) is 0.417. The summed E-state index contributed by atoms with van der Waals surface area (Å²) in [5.41, 5.74) is 1.41. The number of carbonyl (C=O) groups is 2. The molecule has 3 aromatic rings. The van der Waals surface area contributed by atoms with Gasteiger partial charge in [0.15, 0.2) is 5.15 Å². The number of fused-ring (bicyclic) bond motifs is 3. The maximum atomic E-state index is 13.2. The topological polar surface area (TPSA) is 80.0 Å². The Bertz CT molecular complexity index is 1230. The largest absolute Gasteiger partial charge is 0.445 e. The minimum Gasteiger partial charge on any atom is -0.445 e. The van der Waals surface area contributed by atoms with Gasteiger partial charge in [-0.1, -0.05) is 41.9 Å². The third-order valence-corrected chi connectivity index (χ3v) is 7.64. The molecular formula is C24H24ClN5O3. The second-order valence-corrected chi connectivity index (χ2v) is 9.51. The number of ether oxygens (including phenoxy) is 1. The van der Waals surface area contributed by atoms with Gasteiger partial charge in [-0.15, -0.1) is 0 Å². The van der Waals surface area contributed by atoms with E-state index in [0.717, 1.165) is 42.6 Å². The lowest BCUT2D eigenvalue weighted by molar-refractivity contribution is -0.146. The highest BCUT2D eigenvalue weighted by Crippen LogP contribution is 2.52. The molecule has 2 unspecified atom stereocenters. The number of benzene rings is 1. The van der Waals surface area contributed by atoms with Crippen LogP contribution in [0.15, 0.2) is 48.9 Å². The number of hydrogen-bond acceptors (Lipinski definition) is 5. The smallest absolute Gasteiger partial charge is 0.411 e. The number of halogens is 1. The summed E-state index contributed by atoms with van der Waals surface area (Å²) in [5.74, 6) is 0.980. The molecule has 9 heteroatoms. The number of aromatic nitrogens is 3. The molecule has 6 rings (SSSR count). The van der Waals surface area contributed by atoms with Gasteiger partial charge < -0.3 is 9.64 Å². The average Bonchev–Trinajstić information content (AvgIpc) is 3.51. The van der Waals surface area contributed by atoms with Gasteiger partial charge in [-0.2, -0.15) is 0 Å². The molecule has 2 aromatic heterocycles. The van der Waals surface area contributed by atoms with E-state index in [2.05, 4.69) is 9.97 Å². The van der Waals surface area contributed by atoms with Crippen molar-refractivity contribution >= 4 is 29.1 Å². The lowest BCUT2D eigenvalue weighted by atomic mass is 9.84. The number of amides is 2. The summed E-state index contributed by atoms with van der Waals surface area (Å²) >= 11 is 6.21. The van der Waals surface area contributed by atoms with E-state index in [1.54, 1.807) is 17.3 Å². The number of piperazine rings is 1. The number of rotatable bonds is 3. The first-order chi connectivity index (χ1) is 16.1. The van der Waals surface area contributed by atoms with E-state index in [4.69, 9.17) is 16.3 Å². The molecule has 0 radical (unpaired) electrons. The molecule has 1 aromatic carbocycles. The van der Waals surface area contributed by atoms with Crippen LogP contribution in [-0.2, 0) is 16.1 Å². The van der Waals surface area contributed by atoms with Crippen LogP contribution in [0.25, 0.3) is 5.52 Å². The summed E-state index contributed by atoms with van der Waals surface area (Å²) in [7, 11) is 0. The van der Waals surface area contributed by atoms with Crippen molar-refractivity contribution in [2.45, 2.75) is 49.8 Å². The molecule has 0 bridgehead atoms. The van der Waals surface area contributed by atoms with Crippen molar-refractivity contribution in [2.75, 3.05) is 13.1 Å². The third kappa shape index (κ3) is 3.35. The minimum atomic E-state index is -0.395. The van der Waals surface area contributed by atoms with E-state index in [9.17, 15) is 9.59 Å². The maximum Gasteiger partial charge on any atom is 0.411 e. The van der Waals surface area contributed by atoms with E-state index in [1.165, 1.54) is 0 Å². The van der Waals surface area contributed by atoms with Gasteiger partial charge in [-0.25, -0.2) is 14.8 Å². The van der Waals surface area contributed by atoms with Crippen LogP contribution in [0.4, 0.5) is 4.79 Å². The fourth-order valence-corrected chi connectivity index (χ4v) is 5.77. The van der Waals surface area contributed by atoms with Gasteiger partial charge in [0, 0.05) is 24.9 Å². The van der Waals surface area contributed by atoms with E-state index in [-0.39, 0.29) is 36.6 Å². The summed E-state index contributed by atoms with van der Waals surface area (Å²) in [6, 6.07) is 9.63. The van der Waals surface area contributed by atoms with Crippen molar-refractivity contribution < 1.29 is 14.3 Å². The number of imidazole rings is 1. The van der Waals surface area contributed by atoms with Gasteiger partial charge in [0.2, 0.25) is 5.91 Å². The molecule has 0 N–H and O–H groups in total. The molecule has 170 valence electrons. The van der Waals surface area contributed by atoms with E-state index >= 15 is 0 Å². The van der Waals surface area contributed by atoms with E-state index in [1.807, 2.05) is 45.8 Å². The Morgan fingerprint density at radius 3 is 2.79 bits per heavy atom. The Morgan fingerprint density at radius 1 is 1.18 bits per heavy atom. The monoisotopic (exact) mass is 465 g/mol. The molecule has 33 heavy (non-hydrogen) atoms. The summed E-state index contributed by atoms with van der Waals surface area (Å²) in [6.45, 7) is 0.868. The van der Waals surface area contributed by atoms with Crippen molar-refractivity contribution in [3.63, 3.8) is 0 Å². The van der Waals surface area contributed by atoms with Gasteiger partial charge >= 0.3 is 6.09 Å². The SMILES string of the molecule is O=C1CN(C(=O)OCc2ccccc2)C2(CC2)C2CCC(c3ncc4c(Cl)nccn34)CN12. The van der Waals surface area contributed by atoms with Crippen LogP contribution in [0.1, 0.15) is 43.0 Å². The quantitative estimate of drug-likeness (QED) is 0.590. The highest BCUT2D eigenvalue weighted by Gasteiger charge is 2.62. The van der Waals surface area contributed by atoms with Crippen LogP contribution >= 0.6 is 11.6 Å². The molecule has 8 nitrogen and oxygen atoms in total. The zero-order valence-corrected chi connectivity index (χ0v) is 18.8. The Balaban J connectivity index is 1.20. The van der Waals surface area contributed by atoms with E-state index < -0.39 is 6.09 Å². The zero-order valence-electron chi connectivity index (χ0n) is 18.1. The second-order valence-electron chi connectivity index (χ2n) is 9.16. The lowest BCUT2D eigenvalue weighted by Crippen LogP contribution is -2.67. The predicted molar refractivity (Wildman–Crippen MR) is 121 cm³/mol.